The molecule has 2 aromatic rings. The van der Waals surface area contributed by atoms with Crippen LogP contribution in [-0.2, 0) is 20.9 Å². The van der Waals surface area contributed by atoms with Crippen molar-refractivity contribution in [2.45, 2.75) is 39.8 Å². The summed E-state index contributed by atoms with van der Waals surface area (Å²) in [5.41, 5.74) is 3.64. The molecule has 38 heavy (non-hydrogen) atoms. The highest BCUT2D eigenvalue weighted by Gasteiger charge is 2.41. The van der Waals surface area contributed by atoms with E-state index in [-0.39, 0.29) is 18.9 Å². The molecule has 0 saturated heterocycles. The molecule has 0 saturated carbocycles. The number of rotatable bonds is 10. The highest BCUT2D eigenvalue weighted by atomic mass is 32.2. The first-order valence-corrected chi connectivity index (χ1v) is 13.5. The molecule has 4 rings (SSSR count). The summed E-state index contributed by atoms with van der Waals surface area (Å²) in [6.45, 7) is 6.77. The molecule has 0 bridgehead atoms. The Kier molecular flexibility index (Phi) is 8.78. The number of ether oxygens (including phenoxy) is 3. The molecule has 2 aliphatic heterocycles. The summed E-state index contributed by atoms with van der Waals surface area (Å²) in [6.07, 6.45) is 0.192. The quantitative estimate of drug-likeness (QED) is 0.383. The fourth-order valence-corrected chi connectivity index (χ4v) is 5.29. The first-order chi connectivity index (χ1) is 18.4. The van der Waals surface area contributed by atoms with Gasteiger partial charge in [-0.3, -0.25) is 4.79 Å². The van der Waals surface area contributed by atoms with E-state index in [0.29, 0.717) is 41.1 Å². The molecule has 1 amide bonds. The third-order valence-electron chi connectivity index (χ3n) is 6.47. The molecule has 0 unspecified atom stereocenters. The van der Waals surface area contributed by atoms with Crippen LogP contribution in [0.1, 0.15) is 44.4 Å². The van der Waals surface area contributed by atoms with Crippen LogP contribution >= 0.6 is 11.8 Å². The number of esters is 1. The number of nitrogens with zero attached hydrogens (tertiary/aromatic N) is 3. The van der Waals surface area contributed by atoms with Gasteiger partial charge in [-0.05, 0) is 49.4 Å². The lowest BCUT2D eigenvalue weighted by molar-refractivity contribution is -0.139. The zero-order chi connectivity index (χ0) is 27.2. The Hall–Kier alpha value is -3.72. The number of hydrogen-bond acceptors (Lipinski definition) is 8. The Morgan fingerprint density at radius 3 is 2.55 bits per heavy atom. The van der Waals surface area contributed by atoms with E-state index >= 15 is 0 Å². The summed E-state index contributed by atoms with van der Waals surface area (Å²) in [4.78, 5) is 34.4. The SMILES string of the molecule is CCOC(=O)C1=C(C)N=C2SC=C(CC(=O)N(C)CC)N2[C@H]1c1ccc(OCc2ccccc2)c(OC)c1. The summed E-state index contributed by atoms with van der Waals surface area (Å²) in [5, 5.41) is 2.65. The minimum atomic E-state index is -0.542. The number of carbonyl (C=O) groups excluding carboxylic acids is 2. The third-order valence-corrected chi connectivity index (χ3v) is 7.36. The van der Waals surface area contributed by atoms with Gasteiger partial charge in [0.25, 0.3) is 0 Å². The van der Waals surface area contributed by atoms with Gasteiger partial charge in [0.2, 0.25) is 5.91 Å². The van der Waals surface area contributed by atoms with Crippen LogP contribution in [-0.4, -0.2) is 54.2 Å². The third kappa shape index (κ3) is 5.72. The molecule has 0 fully saturated rings. The molecule has 1 atom stereocenters. The van der Waals surface area contributed by atoms with Crippen molar-refractivity contribution in [2.24, 2.45) is 4.99 Å². The predicted octanol–water partition coefficient (Wildman–Crippen LogP) is 5.28. The van der Waals surface area contributed by atoms with Gasteiger partial charge in [-0.25, -0.2) is 9.79 Å². The molecule has 0 N–H and O–H groups in total. The highest BCUT2D eigenvalue weighted by molar-refractivity contribution is 8.16. The van der Waals surface area contributed by atoms with E-state index in [9.17, 15) is 9.59 Å². The van der Waals surface area contributed by atoms with Gasteiger partial charge in [-0.15, -0.1) is 0 Å². The first kappa shape index (κ1) is 27.3. The van der Waals surface area contributed by atoms with Gasteiger partial charge < -0.3 is 24.0 Å². The van der Waals surface area contributed by atoms with E-state index in [1.165, 1.54) is 11.8 Å². The van der Waals surface area contributed by atoms with Crippen LogP contribution in [0, 0.1) is 0 Å². The molecule has 2 aromatic carbocycles. The van der Waals surface area contributed by atoms with Crippen LogP contribution in [0.3, 0.4) is 0 Å². The number of fused-ring (bicyclic) bond motifs is 1. The molecular formula is C29H33N3O5S. The number of amidine groups is 1. The monoisotopic (exact) mass is 535 g/mol. The zero-order valence-corrected chi connectivity index (χ0v) is 23.2. The molecule has 9 heteroatoms. The Labute approximate surface area is 228 Å². The smallest absolute Gasteiger partial charge is 0.338 e. The summed E-state index contributed by atoms with van der Waals surface area (Å²) in [6, 6.07) is 15.0. The van der Waals surface area contributed by atoms with Gasteiger partial charge in [0, 0.05) is 19.3 Å². The van der Waals surface area contributed by atoms with Gasteiger partial charge in [0.05, 0.1) is 37.4 Å². The van der Waals surface area contributed by atoms with Crippen LogP contribution < -0.4 is 9.47 Å². The van der Waals surface area contributed by atoms with Crippen molar-refractivity contribution in [3.63, 3.8) is 0 Å². The summed E-state index contributed by atoms with van der Waals surface area (Å²) in [7, 11) is 3.37. The minimum absolute atomic E-state index is 0.00875. The van der Waals surface area contributed by atoms with E-state index < -0.39 is 12.0 Å². The van der Waals surface area contributed by atoms with Crippen molar-refractivity contribution in [2.75, 3.05) is 27.3 Å². The maximum Gasteiger partial charge on any atom is 0.338 e. The Bertz CT molecular complexity index is 1290. The van der Waals surface area contributed by atoms with Crippen LogP contribution in [0.5, 0.6) is 11.5 Å². The fourth-order valence-electron chi connectivity index (χ4n) is 4.33. The molecule has 0 aliphatic carbocycles. The van der Waals surface area contributed by atoms with Crippen molar-refractivity contribution < 1.29 is 23.8 Å². The lowest BCUT2D eigenvalue weighted by atomic mass is 9.93. The average Bonchev–Trinajstić information content (AvgIpc) is 3.32. The summed E-state index contributed by atoms with van der Waals surface area (Å²) < 4.78 is 17.2. The van der Waals surface area contributed by atoms with Crippen molar-refractivity contribution >= 4 is 28.8 Å². The van der Waals surface area contributed by atoms with Crippen molar-refractivity contribution in [1.82, 2.24) is 9.80 Å². The number of thioether (sulfide) groups is 1. The molecule has 200 valence electrons. The zero-order valence-electron chi connectivity index (χ0n) is 22.4. The van der Waals surface area contributed by atoms with Crippen LogP contribution in [0.2, 0.25) is 0 Å². The van der Waals surface area contributed by atoms with E-state index in [4.69, 9.17) is 19.2 Å². The number of allylic oxidation sites excluding steroid dienone is 1. The number of amides is 1. The van der Waals surface area contributed by atoms with E-state index in [1.807, 2.05) is 72.7 Å². The van der Waals surface area contributed by atoms with Gasteiger partial charge in [-0.1, -0.05) is 48.2 Å². The van der Waals surface area contributed by atoms with Crippen LogP contribution in [0.4, 0.5) is 0 Å². The van der Waals surface area contributed by atoms with Gasteiger partial charge >= 0.3 is 5.97 Å². The largest absolute Gasteiger partial charge is 0.493 e. The van der Waals surface area contributed by atoms with E-state index in [2.05, 4.69) is 0 Å². The van der Waals surface area contributed by atoms with Crippen molar-refractivity contribution in [1.29, 1.82) is 0 Å². The highest BCUT2D eigenvalue weighted by Crippen LogP contribution is 2.46. The second-order valence-electron chi connectivity index (χ2n) is 8.88. The average molecular weight is 536 g/mol. The number of carbonyl (C=O) groups is 2. The minimum Gasteiger partial charge on any atom is -0.493 e. The number of benzene rings is 2. The fraction of sp³-hybridized carbons (Fsp3) is 0.345. The van der Waals surface area contributed by atoms with Crippen LogP contribution in [0.25, 0.3) is 0 Å². The Balaban J connectivity index is 1.72. The Morgan fingerprint density at radius 1 is 1.11 bits per heavy atom. The Morgan fingerprint density at radius 2 is 1.87 bits per heavy atom. The van der Waals surface area contributed by atoms with Crippen molar-refractivity contribution in [3.05, 3.63) is 82.0 Å². The number of hydrogen-bond donors (Lipinski definition) is 0. The van der Waals surface area contributed by atoms with Gasteiger partial charge in [-0.2, -0.15) is 0 Å². The topological polar surface area (TPSA) is 80.7 Å². The second kappa shape index (κ2) is 12.2. The summed E-state index contributed by atoms with van der Waals surface area (Å²) in [5.74, 6) is 0.692. The molecule has 8 nitrogen and oxygen atoms in total. The van der Waals surface area contributed by atoms with E-state index in [0.717, 1.165) is 16.8 Å². The number of aliphatic imine (C=N–C) groups is 1. The standard InChI is InChI=1S/C29H33N3O5S/c1-6-31(4)25(33)16-22-18-38-29-30-19(3)26(28(34)36-7-2)27(32(22)29)21-13-14-23(24(15-21)35-5)37-17-20-11-9-8-10-12-20/h8-15,18,27H,6-7,16-17H2,1-5H3/t27-/m0/s1. The maximum absolute atomic E-state index is 13.2. The van der Waals surface area contributed by atoms with Crippen molar-refractivity contribution in [3.8, 4) is 11.5 Å². The van der Waals surface area contributed by atoms with Gasteiger partial charge in [0.1, 0.15) is 6.61 Å². The predicted molar refractivity (Wildman–Crippen MR) is 149 cm³/mol. The molecule has 0 radical (unpaired) electrons. The second-order valence-corrected chi connectivity index (χ2v) is 9.72. The van der Waals surface area contributed by atoms with Gasteiger partial charge in [0.15, 0.2) is 16.7 Å². The first-order valence-electron chi connectivity index (χ1n) is 12.6. The molecular weight excluding hydrogens is 502 g/mol. The molecule has 2 heterocycles. The lowest BCUT2D eigenvalue weighted by Crippen LogP contribution is -2.38. The lowest BCUT2D eigenvalue weighted by Gasteiger charge is -2.36. The normalized spacial score (nSPS) is 16.4. The van der Waals surface area contributed by atoms with E-state index in [1.54, 1.807) is 26.0 Å². The number of methoxy groups -OCH3 is 1. The van der Waals surface area contributed by atoms with Crippen LogP contribution in [0.15, 0.2) is 75.9 Å². The maximum atomic E-state index is 13.2. The molecule has 2 aliphatic rings. The molecule has 0 aromatic heterocycles. The summed E-state index contributed by atoms with van der Waals surface area (Å²) >= 11 is 1.44. The molecule has 0 spiro atoms.